The van der Waals surface area contributed by atoms with Crippen LogP contribution in [0.2, 0.25) is 0 Å². The Morgan fingerprint density at radius 3 is 2.62 bits per heavy atom. The molecule has 2 heterocycles. The van der Waals surface area contributed by atoms with Crippen LogP contribution < -0.4 is 5.73 Å². The summed E-state index contributed by atoms with van der Waals surface area (Å²) in [6, 6.07) is 15.7. The Morgan fingerprint density at radius 1 is 1.05 bits per heavy atom. The fourth-order valence-electron chi connectivity index (χ4n) is 2.50. The van der Waals surface area contributed by atoms with E-state index in [-0.39, 0.29) is 6.04 Å². The van der Waals surface area contributed by atoms with Crippen molar-refractivity contribution in [3.63, 3.8) is 0 Å². The van der Waals surface area contributed by atoms with E-state index >= 15 is 0 Å². The molecule has 1 unspecified atom stereocenters. The zero-order valence-corrected chi connectivity index (χ0v) is 12.0. The van der Waals surface area contributed by atoms with Crippen LogP contribution in [0.15, 0.2) is 60.9 Å². The minimum Gasteiger partial charge on any atom is -0.318 e. The molecule has 0 spiro atoms. The Balaban J connectivity index is 2.04. The normalized spacial score (nSPS) is 12.3. The van der Waals surface area contributed by atoms with Crippen LogP contribution >= 0.6 is 0 Å². The molecule has 0 saturated heterocycles. The maximum Gasteiger partial charge on any atom is 0.0904 e. The number of rotatable bonds is 4. The third-order valence-corrected chi connectivity index (χ3v) is 3.59. The van der Waals surface area contributed by atoms with Crippen molar-refractivity contribution in [1.82, 2.24) is 14.8 Å². The first-order valence-corrected chi connectivity index (χ1v) is 7.10. The fourth-order valence-corrected chi connectivity index (χ4v) is 2.50. The lowest BCUT2D eigenvalue weighted by molar-refractivity contribution is 0.714. The van der Waals surface area contributed by atoms with Crippen LogP contribution in [0.5, 0.6) is 0 Å². The zero-order valence-electron chi connectivity index (χ0n) is 12.0. The molecule has 4 nitrogen and oxygen atoms in total. The van der Waals surface area contributed by atoms with Gasteiger partial charge in [-0.1, -0.05) is 31.2 Å². The summed E-state index contributed by atoms with van der Waals surface area (Å²) in [6.07, 6.45) is 4.48. The Kier molecular flexibility index (Phi) is 3.79. The summed E-state index contributed by atoms with van der Waals surface area (Å²) < 4.78 is 1.87. The topological polar surface area (TPSA) is 56.7 Å². The van der Waals surface area contributed by atoms with Crippen molar-refractivity contribution in [3.8, 4) is 5.69 Å². The molecule has 0 fully saturated rings. The molecule has 106 valence electrons. The molecule has 0 aliphatic rings. The number of aromatic nitrogens is 3. The molecule has 2 aromatic heterocycles. The van der Waals surface area contributed by atoms with E-state index in [1.165, 1.54) is 5.56 Å². The molecule has 3 rings (SSSR count). The van der Waals surface area contributed by atoms with E-state index in [1.54, 1.807) is 12.4 Å². The molecule has 4 heteroatoms. The molecular formula is C17H18N4. The van der Waals surface area contributed by atoms with E-state index in [0.717, 1.165) is 23.5 Å². The number of pyridine rings is 1. The van der Waals surface area contributed by atoms with Crippen LogP contribution in [0.25, 0.3) is 5.69 Å². The summed E-state index contributed by atoms with van der Waals surface area (Å²) in [5.41, 5.74) is 10.5. The summed E-state index contributed by atoms with van der Waals surface area (Å²) >= 11 is 0. The summed E-state index contributed by atoms with van der Waals surface area (Å²) in [5, 5.41) is 4.40. The number of aryl methyl sites for hydroxylation is 1. The highest BCUT2D eigenvalue weighted by molar-refractivity contribution is 5.36. The third-order valence-electron chi connectivity index (χ3n) is 3.59. The number of benzene rings is 1. The summed E-state index contributed by atoms with van der Waals surface area (Å²) in [6.45, 7) is 2.11. The first kappa shape index (κ1) is 13.5. The molecule has 1 atom stereocenters. The van der Waals surface area contributed by atoms with Gasteiger partial charge in [-0.2, -0.15) is 5.10 Å². The largest absolute Gasteiger partial charge is 0.318 e. The number of hydrogen-bond donors (Lipinski definition) is 1. The van der Waals surface area contributed by atoms with Gasteiger partial charge in [-0.3, -0.25) is 4.98 Å². The van der Waals surface area contributed by atoms with E-state index in [2.05, 4.69) is 23.1 Å². The SMILES string of the molecule is CCc1cccnc1C(N)c1ccnn1-c1ccccc1. The van der Waals surface area contributed by atoms with Gasteiger partial charge in [0, 0.05) is 12.4 Å². The highest BCUT2D eigenvalue weighted by Crippen LogP contribution is 2.23. The molecule has 0 aliphatic carbocycles. The van der Waals surface area contributed by atoms with Gasteiger partial charge in [0.25, 0.3) is 0 Å². The van der Waals surface area contributed by atoms with Crippen LogP contribution in [-0.4, -0.2) is 14.8 Å². The molecule has 0 amide bonds. The molecule has 1 aromatic carbocycles. The Hall–Kier alpha value is -2.46. The second-order valence-electron chi connectivity index (χ2n) is 4.88. The van der Waals surface area contributed by atoms with Gasteiger partial charge < -0.3 is 5.73 Å². The number of para-hydroxylation sites is 1. The van der Waals surface area contributed by atoms with Crippen LogP contribution in [0.1, 0.15) is 29.9 Å². The van der Waals surface area contributed by atoms with Crippen molar-refractivity contribution in [2.45, 2.75) is 19.4 Å². The van der Waals surface area contributed by atoms with Crippen molar-refractivity contribution in [1.29, 1.82) is 0 Å². The lowest BCUT2D eigenvalue weighted by Gasteiger charge is -2.16. The molecule has 21 heavy (non-hydrogen) atoms. The molecule has 3 aromatic rings. The molecular weight excluding hydrogens is 260 g/mol. The quantitative estimate of drug-likeness (QED) is 0.798. The third kappa shape index (κ3) is 2.58. The van der Waals surface area contributed by atoms with Crippen LogP contribution in [-0.2, 0) is 6.42 Å². The van der Waals surface area contributed by atoms with Crippen molar-refractivity contribution >= 4 is 0 Å². The number of hydrogen-bond acceptors (Lipinski definition) is 3. The van der Waals surface area contributed by atoms with Gasteiger partial charge in [0.05, 0.1) is 23.1 Å². The Labute approximate surface area is 124 Å². The van der Waals surface area contributed by atoms with E-state index in [0.29, 0.717) is 0 Å². The monoisotopic (exact) mass is 278 g/mol. The first-order chi connectivity index (χ1) is 10.3. The molecule has 2 N–H and O–H groups in total. The Morgan fingerprint density at radius 2 is 1.86 bits per heavy atom. The van der Waals surface area contributed by atoms with Crippen molar-refractivity contribution < 1.29 is 0 Å². The smallest absolute Gasteiger partial charge is 0.0904 e. The van der Waals surface area contributed by atoms with Gasteiger partial charge in [-0.15, -0.1) is 0 Å². The fraction of sp³-hybridized carbons (Fsp3) is 0.176. The highest BCUT2D eigenvalue weighted by atomic mass is 15.3. The average molecular weight is 278 g/mol. The highest BCUT2D eigenvalue weighted by Gasteiger charge is 2.18. The maximum absolute atomic E-state index is 6.45. The van der Waals surface area contributed by atoms with Crippen LogP contribution in [0.4, 0.5) is 0 Å². The molecule has 0 saturated carbocycles. The first-order valence-electron chi connectivity index (χ1n) is 7.10. The van der Waals surface area contributed by atoms with Gasteiger partial charge >= 0.3 is 0 Å². The van der Waals surface area contributed by atoms with Crippen LogP contribution in [0.3, 0.4) is 0 Å². The lowest BCUT2D eigenvalue weighted by Crippen LogP contribution is -2.19. The van der Waals surface area contributed by atoms with Gasteiger partial charge in [0.2, 0.25) is 0 Å². The summed E-state index contributed by atoms with van der Waals surface area (Å²) in [7, 11) is 0. The predicted octanol–water partition coefficient (Wildman–Crippen LogP) is 2.88. The molecule has 0 bridgehead atoms. The maximum atomic E-state index is 6.45. The van der Waals surface area contributed by atoms with E-state index < -0.39 is 0 Å². The van der Waals surface area contributed by atoms with Crippen LogP contribution in [0, 0.1) is 0 Å². The lowest BCUT2D eigenvalue weighted by atomic mass is 10.0. The standard InChI is InChI=1S/C17H18N4/c1-2-13-7-6-11-19-17(13)16(18)15-10-12-20-21(15)14-8-4-3-5-9-14/h3-12,16H,2,18H2,1H3. The number of nitrogens with zero attached hydrogens (tertiary/aromatic N) is 3. The van der Waals surface area contributed by atoms with Crippen molar-refractivity contribution in [2.75, 3.05) is 0 Å². The average Bonchev–Trinajstić information content (AvgIpc) is 3.04. The van der Waals surface area contributed by atoms with E-state index in [1.807, 2.05) is 47.1 Å². The van der Waals surface area contributed by atoms with E-state index in [9.17, 15) is 0 Å². The summed E-state index contributed by atoms with van der Waals surface area (Å²) in [5.74, 6) is 0. The summed E-state index contributed by atoms with van der Waals surface area (Å²) in [4.78, 5) is 4.47. The minimum absolute atomic E-state index is 0.288. The number of nitrogens with two attached hydrogens (primary N) is 1. The van der Waals surface area contributed by atoms with Crippen molar-refractivity contribution in [3.05, 3.63) is 77.9 Å². The predicted molar refractivity (Wildman–Crippen MR) is 83.2 cm³/mol. The van der Waals surface area contributed by atoms with Gasteiger partial charge in [-0.25, -0.2) is 4.68 Å². The van der Waals surface area contributed by atoms with Gasteiger partial charge in [0.15, 0.2) is 0 Å². The minimum atomic E-state index is -0.288. The second kappa shape index (κ2) is 5.89. The second-order valence-corrected chi connectivity index (χ2v) is 4.88. The van der Waals surface area contributed by atoms with E-state index in [4.69, 9.17) is 5.73 Å². The van der Waals surface area contributed by atoms with Crippen molar-refractivity contribution in [2.24, 2.45) is 5.73 Å². The molecule has 0 aliphatic heterocycles. The Bertz CT molecular complexity index is 718. The zero-order chi connectivity index (χ0) is 14.7. The van der Waals surface area contributed by atoms with Gasteiger partial charge in [0.1, 0.15) is 0 Å². The molecule has 0 radical (unpaired) electrons. The van der Waals surface area contributed by atoms with Gasteiger partial charge in [-0.05, 0) is 36.2 Å².